The number of ether oxygens (including phenoxy) is 4. The Morgan fingerprint density at radius 3 is 2.09 bits per heavy atom. The molecule has 0 fully saturated rings. The molecule has 1 atom stereocenters. The van der Waals surface area contributed by atoms with Gasteiger partial charge in [-0.05, 0) is 11.1 Å². The zero-order valence-corrected chi connectivity index (χ0v) is 19.8. The number of hydrogen-bond acceptors (Lipinski definition) is 9. The monoisotopic (exact) mass is 494 g/mol. The van der Waals surface area contributed by atoms with Gasteiger partial charge in [-0.3, -0.25) is 9.59 Å². The minimum absolute atomic E-state index is 0.0556. The molecule has 6 N–H and O–H groups in total. The predicted octanol–water partition coefficient (Wildman–Crippen LogP) is -0.440. The fourth-order valence-electron chi connectivity index (χ4n) is 2.87. The van der Waals surface area contributed by atoms with E-state index in [0.717, 1.165) is 6.21 Å². The molecule has 0 aromatic heterocycles. The lowest BCUT2D eigenvalue weighted by atomic mass is 9.99. The van der Waals surface area contributed by atoms with Crippen LogP contribution in [0.3, 0.4) is 0 Å². The van der Waals surface area contributed by atoms with Gasteiger partial charge in [0.15, 0.2) is 0 Å². The number of nitrogens with two attached hydrogens (primary N) is 1. The molecular weight excluding hydrogens is 460 g/mol. The summed E-state index contributed by atoms with van der Waals surface area (Å²) in [5.74, 6) is -1.55. The van der Waals surface area contributed by atoms with E-state index in [1.165, 1.54) is 7.05 Å². The van der Waals surface area contributed by atoms with Crippen molar-refractivity contribution < 1.29 is 38.4 Å². The lowest BCUT2D eigenvalue weighted by molar-refractivity contribution is -0.140. The summed E-state index contributed by atoms with van der Waals surface area (Å²) in [7, 11) is 1.46. The van der Waals surface area contributed by atoms with Crippen molar-refractivity contribution in [2.45, 2.75) is 12.5 Å². The van der Waals surface area contributed by atoms with E-state index in [2.05, 4.69) is 10.6 Å². The summed E-state index contributed by atoms with van der Waals surface area (Å²) in [6.45, 7) is 2.95. The smallest absolute Gasteiger partial charge is 0.326 e. The summed E-state index contributed by atoms with van der Waals surface area (Å²) in [4.78, 5) is 34.3. The molecule has 1 unspecified atom stereocenters. The van der Waals surface area contributed by atoms with Crippen molar-refractivity contribution >= 4 is 30.1 Å². The van der Waals surface area contributed by atoms with E-state index in [4.69, 9.17) is 30.1 Å². The van der Waals surface area contributed by atoms with Crippen molar-refractivity contribution in [3.05, 3.63) is 41.2 Å². The van der Waals surface area contributed by atoms with E-state index in [1.54, 1.807) is 24.3 Å². The third-order valence-corrected chi connectivity index (χ3v) is 4.57. The molecule has 12 nitrogen and oxygen atoms in total. The van der Waals surface area contributed by atoms with Gasteiger partial charge in [-0.2, -0.15) is 0 Å². The maximum Gasteiger partial charge on any atom is 0.326 e. The Hall–Kier alpha value is -3.32. The van der Waals surface area contributed by atoms with Gasteiger partial charge in [-0.15, -0.1) is 0 Å². The van der Waals surface area contributed by atoms with Crippen LogP contribution in [0.2, 0.25) is 0 Å². The van der Waals surface area contributed by atoms with Gasteiger partial charge in [0.25, 0.3) is 5.91 Å². The second-order valence-electron chi connectivity index (χ2n) is 7.01. The minimum Gasteiger partial charge on any atom is -0.489 e. The Kier molecular flexibility index (Phi) is 15.3. The van der Waals surface area contributed by atoms with Crippen LogP contribution in [0.1, 0.15) is 11.1 Å². The Morgan fingerprint density at radius 1 is 1.03 bits per heavy atom. The quantitative estimate of drug-likeness (QED) is 0.0527. The molecule has 0 spiro atoms. The molecule has 0 saturated carbocycles. The number of carboxylic acids is 1. The summed E-state index contributed by atoms with van der Waals surface area (Å²) < 4.78 is 21.6. The third kappa shape index (κ3) is 11.6. The Labute approximate surface area is 204 Å². The van der Waals surface area contributed by atoms with E-state index in [9.17, 15) is 19.5 Å². The molecule has 12 heteroatoms. The second-order valence-corrected chi connectivity index (χ2v) is 7.01. The molecular formula is C23H34N4O8. The first kappa shape index (κ1) is 29.7. The fourth-order valence-corrected chi connectivity index (χ4v) is 2.87. The van der Waals surface area contributed by atoms with Crippen molar-refractivity contribution in [1.82, 2.24) is 10.6 Å². The zero-order valence-electron chi connectivity index (χ0n) is 19.8. The van der Waals surface area contributed by atoms with Crippen LogP contribution in [0.15, 0.2) is 30.0 Å². The van der Waals surface area contributed by atoms with E-state index in [-0.39, 0.29) is 31.0 Å². The third-order valence-electron chi connectivity index (χ3n) is 4.57. The van der Waals surface area contributed by atoms with Gasteiger partial charge < -0.3 is 45.8 Å². The number of nitrogens with one attached hydrogen (secondary N) is 3. The second kappa shape index (κ2) is 18.1. The number of hydrogen-bond donors (Lipinski definition) is 5. The number of benzene rings is 1. The summed E-state index contributed by atoms with van der Waals surface area (Å²) in [5, 5.41) is 21.6. The van der Waals surface area contributed by atoms with Gasteiger partial charge in [-0.1, -0.05) is 24.3 Å². The van der Waals surface area contributed by atoms with E-state index >= 15 is 0 Å². The van der Waals surface area contributed by atoms with Crippen molar-refractivity contribution in [3.63, 3.8) is 0 Å². The SMILES string of the molecule is CNC(=O)/C(=C(\C=N)OCCOCCOCCOCCN)c1ccc(CC(NC=O)C(=O)O)cc1. The van der Waals surface area contributed by atoms with Gasteiger partial charge in [-0.25, -0.2) is 4.79 Å². The van der Waals surface area contributed by atoms with E-state index in [1.807, 2.05) is 0 Å². The van der Waals surface area contributed by atoms with Crippen LogP contribution in [-0.2, 0) is 39.8 Å². The van der Waals surface area contributed by atoms with Crippen molar-refractivity contribution in [3.8, 4) is 0 Å². The number of allylic oxidation sites excluding steroid dienone is 1. The Morgan fingerprint density at radius 2 is 1.60 bits per heavy atom. The number of carboxylic acid groups (broad SMARTS) is 1. The maximum absolute atomic E-state index is 12.5. The average Bonchev–Trinajstić information content (AvgIpc) is 2.86. The highest BCUT2D eigenvalue weighted by Gasteiger charge is 2.19. The Balaban J connectivity index is 2.68. The summed E-state index contributed by atoms with van der Waals surface area (Å²) >= 11 is 0. The molecule has 2 amide bonds. The van der Waals surface area contributed by atoms with Crippen molar-refractivity contribution in [2.24, 2.45) is 5.73 Å². The minimum atomic E-state index is -1.16. The number of likely N-dealkylation sites (N-methyl/N-ethyl adjacent to an activating group) is 1. The summed E-state index contributed by atoms with van der Waals surface area (Å²) in [6, 6.07) is 5.47. The normalized spacial score (nSPS) is 12.3. The van der Waals surface area contributed by atoms with Crippen LogP contribution in [0.5, 0.6) is 0 Å². The average molecular weight is 495 g/mol. The van der Waals surface area contributed by atoms with E-state index < -0.39 is 17.9 Å². The van der Waals surface area contributed by atoms with Gasteiger partial charge in [0.1, 0.15) is 18.4 Å². The first-order valence-corrected chi connectivity index (χ1v) is 11.0. The standard InChI is InChI=1S/C23H34N4O8/c1-26-22(29)21(18-4-2-17(3-5-18)14-19(23(30)31)27-16-28)20(15-25)35-13-12-34-11-10-33-9-8-32-7-6-24/h2-5,15-16,19,25H,6-14,24H2,1H3,(H,26,29)(H,27,28)(H,30,31)/b21-20+,25-15?. The number of aliphatic carboxylic acids is 1. The predicted molar refractivity (Wildman–Crippen MR) is 128 cm³/mol. The molecule has 0 aliphatic rings. The lowest BCUT2D eigenvalue weighted by Gasteiger charge is -2.15. The van der Waals surface area contributed by atoms with Crippen LogP contribution < -0.4 is 16.4 Å². The highest BCUT2D eigenvalue weighted by atomic mass is 16.6. The Bertz CT molecular complexity index is 829. The molecule has 194 valence electrons. The maximum atomic E-state index is 12.5. The molecule has 0 radical (unpaired) electrons. The topological polar surface area (TPSA) is 182 Å². The first-order chi connectivity index (χ1) is 17.0. The van der Waals surface area contributed by atoms with Gasteiger partial charge in [0.2, 0.25) is 6.41 Å². The number of carbonyl (C=O) groups is 3. The molecule has 1 aromatic rings. The number of amides is 2. The van der Waals surface area contributed by atoms with Crippen LogP contribution in [0, 0.1) is 5.41 Å². The fraction of sp³-hybridized carbons (Fsp3) is 0.478. The van der Waals surface area contributed by atoms with E-state index in [0.29, 0.717) is 57.1 Å². The largest absolute Gasteiger partial charge is 0.489 e. The molecule has 0 aliphatic carbocycles. The first-order valence-electron chi connectivity index (χ1n) is 11.0. The lowest BCUT2D eigenvalue weighted by Crippen LogP contribution is -2.37. The number of carbonyl (C=O) groups excluding carboxylic acids is 2. The van der Waals surface area contributed by atoms with Crippen molar-refractivity contribution in [1.29, 1.82) is 5.41 Å². The van der Waals surface area contributed by atoms with Gasteiger partial charge in [0, 0.05) is 20.0 Å². The van der Waals surface area contributed by atoms with Crippen LogP contribution in [0.25, 0.3) is 5.57 Å². The highest BCUT2D eigenvalue weighted by molar-refractivity contribution is 6.23. The summed E-state index contributed by atoms with van der Waals surface area (Å²) in [5.41, 5.74) is 6.59. The number of rotatable bonds is 20. The van der Waals surface area contributed by atoms with Crippen molar-refractivity contribution in [2.75, 3.05) is 59.8 Å². The molecule has 0 aliphatic heterocycles. The van der Waals surface area contributed by atoms with Crippen LogP contribution in [-0.4, -0.2) is 95.5 Å². The van der Waals surface area contributed by atoms with Gasteiger partial charge >= 0.3 is 5.97 Å². The molecule has 0 heterocycles. The molecule has 1 rings (SSSR count). The molecule has 0 bridgehead atoms. The zero-order chi connectivity index (χ0) is 25.9. The van der Waals surface area contributed by atoms with Gasteiger partial charge in [0.05, 0.1) is 51.4 Å². The highest BCUT2D eigenvalue weighted by Crippen LogP contribution is 2.20. The molecule has 0 saturated heterocycles. The van der Waals surface area contributed by atoms with Crippen LogP contribution in [0.4, 0.5) is 0 Å². The molecule has 35 heavy (non-hydrogen) atoms. The molecule has 1 aromatic carbocycles. The van der Waals surface area contributed by atoms with Crippen LogP contribution >= 0.6 is 0 Å². The summed E-state index contributed by atoms with van der Waals surface area (Å²) in [6.07, 6.45) is 1.35.